The number of halogens is 2. The van der Waals surface area contributed by atoms with E-state index in [1.54, 1.807) is 24.3 Å². The van der Waals surface area contributed by atoms with Crippen LogP contribution in [0, 0.1) is 0 Å². The normalized spacial score (nSPS) is 10.7. The number of carbonyl (C=O) groups is 1. The van der Waals surface area contributed by atoms with Crippen LogP contribution in [0.1, 0.15) is 22.8 Å². The van der Waals surface area contributed by atoms with Crippen LogP contribution < -0.4 is 0 Å². The number of Topliss-reactive ketones (excluding diaryl/α,β-unsaturated/α-hetero) is 1. The van der Waals surface area contributed by atoms with Crippen LogP contribution in [-0.2, 0) is 6.42 Å². The topological polar surface area (TPSA) is 17.1 Å². The highest BCUT2D eigenvalue weighted by atomic mass is 19.3. The summed E-state index contributed by atoms with van der Waals surface area (Å²) in [6, 6.07) is 14.3. The van der Waals surface area contributed by atoms with Crippen molar-refractivity contribution in [3.63, 3.8) is 0 Å². The van der Waals surface area contributed by atoms with Gasteiger partial charge in [-0.05, 0) is 23.6 Å². The lowest BCUT2D eigenvalue weighted by atomic mass is 10.0. The Bertz CT molecular complexity index is 556. The van der Waals surface area contributed by atoms with Crippen LogP contribution in [0.3, 0.4) is 0 Å². The Morgan fingerprint density at radius 3 is 1.84 bits per heavy atom. The molecule has 0 saturated carbocycles. The first-order valence-corrected chi connectivity index (χ1v) is 6.05. The third kappa shape index (κ3) is 3.47. The summed E-state index contributed by atoms with van der Waals surface area (Å²) in [5.74, 6) is 0.0267. The van der Waals surface area contributed by atoms with Crippen molar-refractivity contribution in [2.24, 2.45) is 0 Å². The molecule has 2 aromatic rings. The number of ketones is 1. The lowest BCUT2D eigenvalue weighted by molar-refractivity contribution is 0.101. The molecule has 1 nitrogen and oxygen atoms in total. The monoisotopic (exact) mass is 260 g/mol. The maximum atomic E-state index is 12.2. The largest absolute Gasteiger partial charge is 0.295 e. The molecule has 3 heteroatoms. The quantitative estimate of drug-likeness (QED) is 0.746. The van der Waals surface area contributed by atoms with Crippen LogP contribution >= 0.6 is 0 Å². The van der Waals surface area contributed by atoms with E-state index in [0.29, 0.717) is 11.1 Å². The zero-order chi connectivity index (χ0) is 13.8. The molecule has 0 aliphatic rings. The molecule has 0 aliphatic carbocycles. The fourth-order valence-electron chi connectivity index (χ4n) is 1.91. The van der Waals surface area contributed by atoms with Gasteiger partial charge in [0.1, 0.15) is 0 Å². The van der Waals surface area contributed by atoms with Gasteiger partial charge in [0.25, 0.3) is 0 Å². The van der Waals surface area contributed by atoms with Gasteiger partial charge < -0.3 is 0 Å². The third-order valence-corrected chi connectivity index (χ3v) is 2.97. The first-order chi connectivity index (χ1) is 9.06. The van der Waals surface area contributed by atoms with Crippen molar-refractivity contribution >= 4 is 5.78 Å². The zero-order valence-corrected chi connectivity index (χ0v) is 10.6. The van der Waals surface area contributed by atoms with E-state index in [0.717, 1.165) is 11.1 Å². The molecule has 19 heavy (non-hydrogen) atoms. The highest BCUT2D eigenvalue weighted by Gasteiger charge is 2.05. The standard InChI is InChI=1S/C16H14F2O/c1-11(19)13-6-8-15(9-7-13)14-4-2-12(3-5-14)10-16(17)18/h2-9,16H,10H2,1H3. The van der Waals surface area contributed by atoms with Gasteiger partial charge in [-0.1, -0.05) is 48.5 Å². The predicted molar refractivity (Wildman–Crippen MR) is 71.6 cm³/mol. The summed E-state index contributed by atoms with van der Waals surface area (Å²) >= 11 is 0. The van der Waals surface area contributed by atoms with E-state index >= 15 is 0 Å². The fraction of sp³-hybridized carbons (Fsp3) is 0.188. The summed E-state index contributed by atoms with van der Waals surface area (Å²) in [7, 11) is 0. The highest BCUT2D eigenvalue weighted by Crippen LogP contribution is 2.21. The van der Waals surface area contributed by atoms with Crippen molar-refractivity contribution in [1.29, 1.82) is 0 Å². The second kappa shape index (κ2) is 5.74. The van der Waals surface area contributed by atoms with Gasteiger partial charge in [-0.3, -0.25) is 4.79 Å². The van der Waals surface area contributed by atoms with E-state index < -0.39 is 6.43 Å². The molecular weight excluding hydrogens is 246 g/mol. The van der Waals surface area contributed by atoms with E-state index in [-0.39, 0.29) is 12.2 Å². The van der Waals surface area contributed by atoms with Crippen LogP contribution in [0.2, 0.25) is 0 Å². The Hall–Kier alpha value is -2.03. The van der Waals surface area contributed by atoms with Crippen molar-refractivity contribution in [2.75, 3.05) is 0 Å². The average Bonchev–Trinajstić information content (AvgIpc) is 2.39. The maximum Gasteiger partial charge on any atom is 0.242 e. The Kier molecular flexibility index (Phi) is 4.05. The number of hydrogen-bond donors (Lipinski definition) is 0. The van der Waals surface area contributed by atoms with E-state index in [9.17, 15) is 13.6 Å². The molecule has 0 fully saturated rings. The first kappa shape index (κ1) is 13.4. The van der Waals surface area contributed by atoms with Gasteiger partial charge in [0.05, 0.1) is 0 Å². The molecular formula is C16H14F2O. The van der Waals surface area contributed by atoms with Gasteiger partial charge in [-0.2, -0.15) is 0 Å². The lowest BCUT2D eigenvalue weighted by Crippen LogP contribution is -1.96. The molecule has 0 unspecified atom stereocenters. The van der Waals surface area contributed by atoms with Gasteiger partial charge in [-0.15, -0.1) is 0 Å². The predicted octanol–water partition coefficient (Wildman–Crippen LogP) is 4.36. The Morgan fingerprint density at radius 2 is 1.42 bits per heavy atom. The summed E-state index contributed by atoms with van der Waals surface area (Å²) in [5.41, 5.74) is 3.21. The van der Waals surface area contributed by atoms with Gasteiger partial charge in [-0.25, -0.2) is 8.78 Å². The molecule has 0 N–H and O–H groups in total. The van der Waals surface area contributed by atoms with Crippen molar-refractivity contribution in [3.05, 3.63) is 59.7 Å². The van der Waals surface area contributed by atoms with Crippen LogP contribution in [-0.4, -0.2) is 12.2 Å². The number of hydrogen-bond acceptors (Lipinski definition) is 1. The van der Waals surface area contributed by atoms with Crippen LogP contribution in [0.5, 0.6) is 0 Å². The third-order valence-electron chi connectivity index (χ3n) is 2.97. The Labute approximate surface area is 110 Å². The molecule has 2 rings (SSSR count). The van der Waals surface area contributed by atoms with Crippen molar-refractivity contribution in [3.8, 4) is 11.1 Å². The molecule has 0 spiro atoms. The van der Waals surface area contributed by atoms with Crippen LogP contribution in [0.15, 0.2) is 48.5 Å². The summed E-state index contributed by atoms with van der Waals surface area (Å²) < 4.78 is 24.5. The van der Waals surface area contributed by atoms with Gasteiger partial charge in [0.2, 0.25) is 6.43 Å². The number of alkyl halides is 2. The van der Waals surface area contributed by atoms with Gasteiger partial charge in [0, 0.05) is 12.0 Å². The van der Waals surface area contributed by atoms with E-state index in [4.69, 9.17) is 0 Å². The highest BCUT2D eigenvalue weighted by molar-refractivity contribution is 5.94. The zero-order valence-electron chi connectivity index (χ0n) is 10.6. The van der Waals surface area contributed by atoms with Gasteiger partial charge in [0.15, 0.2) is 5.78 Å². The molecule has 0 amide bonds. The second-order valence-electron chi connectivity index (χ2n) is 4.43. The Morgan fingerprint density at radius 1 is 0.947 bits per heavy atom. The lowest BCUT2D eigenvalue weighted by Gasteiger charge is -2.05. The minimum absolute atomic E-state index is 0.0267. The minimum Gasteiger partial charge on any atom is -0.295 e. The van der Waals surface area contributed by atoms with Crippen molar-refractivity contribution < 1.29 is 13.6 Å². The first-order valence-electron chi connectivity index (χ1n) is 6.05. The number of benzene rings is 2. The fourth-order valence-corrected chi connectivity index (χ4v) is 1.91. The van der Waals surface area contributed by atoms with E-state index in [2.05, 4.69) is 0 Å². The molecule has 0 atom stereocenters. The molecule has 0 heterocycles. The van der Waals surface area contributed by atoms with Crippen molar-refractivity contribution in [1.82, 2.24) is 0 Å². The molecule has 0 aromatic heterocycles. The second-order valence-corrected chi connectivity index (χ2v) is 4.43. The molecule has 0 aliphatic heterocycles. The number of carbonyl (C=O) groups excluding carboxylic acids is 1. The molecule has 0 saturated heterocycles. The Balaban J connectivity index is 2.19. The van der Waals surface area contributed by atoms with Crippen LogP contribution in [0.4, 0.5) is 8.78 Å². The van der Waals surface area contributed by atoms with Gasteiger partial charge >= 0.3 is 0 Å². The summed E-state index contributed by atoms with van der Waals surface area (Å²) in [6.45, 7) is 1.52. The van der Waals surface area contributed by atoms with E-state index in [1.165, 1.54) is 6.92 Å². The summed E-state index contributed by atoms with van der Waals surface area (Å²) in [6.07, 6.45) is -2.54. The summed E-state index contributed by atoms with van der Waals surface area (Å²) in [5, 5.41) is 0. The maximum absolute atomic E-state index is 12.2. The van der Waals surface area contributed by atoms with Crippen molar-refractivity contribution in [2.45, 2.75) is 19.8 Å². The molecule has 0 radical (unpaired) electrons. The molecule has 2 aromatic carbocycles. The number of rotatable bonds is 4. The van der Waals surface area contributed by atoms with E-state index in [1.807, 2.05) is 24.3 Å². The smallest absolute Gasteiger partial charge is 0.242 e. The average molecular weight is 260 g/mol. The SMILES string of the molecule is CC(=O)c1ccc(-c2ccc(CC(F)F)cc2)cc1. The van der Waals surface area contributed by atoms with Crippen LogP contribution in [0.25, 0.3) is 11.1 Å². The molecule has 98 valence electrons. The summed E-state index contributed by atoms with van der Waals surface area (Å²) in [4.78, 5) is 11.2. The minimum atomic E-state index is -2.32. The molecule has 0 bridgehead atoms.